The summed E-state index contributed by atoms with van der Waals surface area (Å²) in [5.74, 6) is 1.83. The molecule has 2 aliphatic rings. The van der Waals surface area contributed by atoms with E-state index in [1.807, 2.05) is 0 Å². The topological polar surface area (TPSA) is 21.3 Å². The molecule has 1 saturated heterocycles. The predicted molar refractivity (Wildman–Crippen MR) is 62.9 cm³/mol. The number of hydrogen-bond acceptors (Lipinski definition) is 2. The number of hydrogen-bond donors (Lipinski definition) is 1. The van der Waals surface area contributed by atoms with Gasteiger partial charge >= 0.3 is 0 Å². The second kappa shape index (κ2) is 5.31. The minimum Gasteiger partial charge on any atom is -0.381 e. The Balaban J connectivity index is 1.66. The average Bonchev–Trinajstić information content (AvgIpc) is 2.98. The van der Waals surface area contributed by atoms with Crippen LogP contribution in [0.1, 0.15) is 46.0 Å². The zero-order chi connectivity index (χ0) is 10.7. The van der Waals surface area contributed by atoms with E-state index in [1.165, 1.54) is 32.1 Å². The summed E-state index contributed by atoms with van der Waals surface area (Å²) < 4.78 is 5.40. The monoisotopic (exact) mass is 211 g/mol. The van der Waals surface area contributed by atoms with Crippen molar-refractivity contribution in [2.24, 2.45) is 11.8 Å². The molecule has 3 unspecified atom stereocenters. The molecule has 1 aliphatic heterocycles. The van der Waals surface area contributed by atoms with E-state index in [0.717, 1.165) is 31.1 Å². The highest BCUT2D eigenvalue weighted by molar-refractivity contribution is 4.95. The molecule has 2 fully saturated rings. The first-order valence-corrected chi connectivity index (χ1v) is 6.65. The predicted octanol–water partition coefficient (Wildman–Crippen LogP) is 2.58. The molecule has 3 atom stereocenters. The van der Waals surface area contributed by atoms with Gasteiger partial charge in [-0.2, -0.15) is 0 Å². The molecular weight excluding hydrogens is 186 g/mol. The summed E-state index contributed by atoms with van der Waals surface area (Å²) in [5, 5.41) is 3.80. The molecule has 1 N–H and O–H groups in total. The molecule has 2 rings (SSSR count). The van der Waals surface area contributed by atoms with Gasteiger partial charge in [-0.25, -0.2) is 0 Å². The summed E-state index contributed by atoms with van der Waals surface area (Å²) in [5.41, 5.74) is 0. The third kappa shape index (κ3) is 3.18. The Bertz CT molecular complexity index is 189. The van der Waals surface area contributed by atoms with E-state index in [-0.39, 0.29) is 0 Å². The van der Waals surface area contributed by atoms with Crippen molar-refractivity contribution in [3.8, 4) is 0 Å². The van der Waals surface area contributed by atoms with Gasteiger partial charge < -0.3 is 10.1 Å². The first kappa shape index (κ1) is 11.4. The Morgan fingerprint density at radius 3 is 2.73 bits per heavy atom. The molecule has 0 amide bonds. The van der Waals surface area contributed by atoms with Crippen molar-refractivity contribution >= 4 is 0 Å². The van der Waals surface area contributed by atoms with Crippen LogP contribution in [0.2, 0.25) is 0 Å². The third-order valence-electron chi connectivity index (χ3n) is 4.03. The van der Waals surface area contributed by atoms with E-state index < -0.39 is 0 Å². The lowest BCUT2D eigenvalue weighted by Gasteiger charge is -2.28. The lowest BCUT2D eigenvalue weighted by Crippen LogP contribution is -2.38. The van der Waals surface area contributed by atoms with Gasteiger partial charge in [0.1, 0.15) is 0 Å². The fourth-order valence-corrected chi connectivity index (χ4v) is 2.83. The quantitative estimate of drug-likeness (QED) is 0.754. The Morgan fingerprint density at radius 1 is 1.33 bits per heavy atom. The summed E-state index contributed by atoms with van der Waals surface area (Å²) in [7, 11) is 0. The van der Waals surface area contributed by atoms with Crippen LogP contribution in [0.25, 0.3) is 0 Å². The molecule has 0 radical (unpaired) electrons. The summed E-state index contributed by atoms with van der Waals surface area (Å²) in [6.45, 7) is 6.59. The van der Waals surface area contributed by atoms with Gasteiger partial charge in [-0.05, 0) is 44.4 Å². The van der Waals surface area contributed by atoms with E-state index in [1.54, 1.807) is 0 Å². The van der Waals surface area contributed by atoms with Crippen LogP contribution in [0.3, 0.4) is 0 Å². The van der Waals surface area contributed by atoms with Gasteiger partial charge in [0.2, 0.25) is 0 Å². The van der Waals surface area contributed by atoms with Crippen molar-refractivity contribution in [1.29, 1.82) is 0 Å². The van der Waals surface area contributed by atoms with E-state index in [9.17, 15) is 0 Å². The van der Waals surface area contributed by atoms with Crippen molar-refractivity contribution in [2.75, 3.05) is 13.2 Å². The summed E-state index contributed by atoms with van der Waals surface area (Å²) >= 11 is 0. The highest BCUT2D eigenvalue weighted by Crippen LogP contribution is 2.35. The van der Waals surface area contributed by atoms with Crippen LogP contribution < -0.4 is 5.32 Å². The third-order valence-corrected chi connectivity index (χ3v) is 4.03. The Kier molecular flexibility index (Phi) is 4.04. The zero-order valence-electron chi connectivity index (χ0n) is 10.2. The first-order valence-electron chi connectivity index (χ1n) is 6.65. The highest BCUT2D eigenvalue weighted by Gasteiger charge is 2.37. The molecule has 0 aromatic heterocycles. The van der Waals surface area contributed by atoms with Crippen LogP contribution >= 0.6 is 0 Å². The van der Waals surface area contributed by atoms with Crippen LogP contribution in [0.5, 0.6) is 0 Å². The van der Waals surface area contributed by atoms with E-state index in [0.29, 0.717) is 6.04 Å². The van der Waals surface area contributed by atoms with Gasteiger partial charge in [-0.15, -0.1) is 0 Å². The minimum absolute atomic E-state index is 0.695. The molecule has 0 aromatic carbocycles. The van der Waals surface area contributed by atoms with Gasteiger partial charge in [0.25, 0.3) is 0 Å². The standard InChI is InChI=1S/C13H25NO/c1-3-4-12-9-13(12)14-10(2)11-5-7-15-8-6-11/h10-14H,3-9H2,1-2H3. The highest BCUT2D eigenvalue weighted by atomic mass is 16.5. The maximum Gasteiger partial charge on any atom is 0.0469 e. The number of nitrogens with one attached hydrogen (secondary N) is 1. The Hall–Kier alpha value is -0.0800. The van der Waals surface area contributed by atoms with Crippen molar-refractivity contribution in [1.82, 2.24) is 5.32 Å². The summed E-state index contributed by atoms with van der Waals surface area (Å²) in [6.07, 6.45) is 6.67. The molecule has 15 heavy (non-hydrogen) atoms. The summed E-state index contributed by atoms with van der Waals surface area (Å²) in [6, 6.07) is 1.53. The number of rotatable bonds is 5. The van der Waals surface area contributed by atoms with Crippen LogP contribution in [-0.2, 0) is 4.74 Å². The smallest absolute Gasteiger partial charge is 0.0469 e. The van der Waals surface area contributed by atoms with Gasteiger partial charge in [0.15, 0.2) is 0 Å². The lowest BCUT2D eigenvalue weighted by atomic mass is 9.93. The molecule has 1 aliphatic carbocycles. The zero-order valence-corrected chi connectivity index (χ0v) is 10.2. The summed E-state index contributed by atoms with van der Waals surface area (Å²) in [4.78, 5) is 0. The maximum absolute atomic E-state index is 5.40. The van der Waals surface area contributed by atoms with Gasteiger partial charge in [0, 0.05) is 25.3 Å². The minimum atomic E-state index is 0.695. The van der Waals surface area contributed by atoms with Crippen LogP contribution in [0, 0.1) is 11.8 Å². The van der Waals surface area contributed by atoms with E-state index in [4.69, 9.17) is 4.74 Å². The van der Waals surface area contributed by atoms with Crippen LogP contribution in [0.15, 0.2) is 0 Å². The molecule has 88 valence electrons. The second-order valence-electron chi connectivity index (χ2n) is 5.30. The Morgan fingerprint density at radius 2 is 2.07 bits per heavy atom. The lowest BCUT2D eigenvalue weighted by molar-refractivity contribution is 0.0555. The van der Waals surface area contributed by atoms with Crippen molar-refractivity contribution in [3.63, 3.8) is 0 Å². The molecular formula is C13H25NO. The molecule has 2 nitrogen and oxygen atoms in total. The fraction of sp³-hybridized carbons (Fsp3) is 1.00. The second-order valence-corrected chi connectivity index (χ2v) is 5.30. The molecule has 0 bridgehead atoms. The van der Waals surface area contributed by atoms with Crippen molar-refractivity contribution in [2.45, 2.75) is 58.0 Å². The van der Waals surface area contributed by atoms with E-state index in [2.05, 4.69) is 19.2 Å². The largest absolute Gasteiger partial charge is 0.381 e. The van der Waals surface area contributed by atoms with Crippen LogP contribution in [-0.4, -0.2) is 25.3 Å². The SMILES string of the molecule is CCCC1CC1NC(C)C1CCOCC1. The fourth-order valence-electron chi connectivity index (χ4n) is 2.83. The molecule has 1 saturated carbocycles. The Labute approximate surface area is 93.8 Å². The van der Waals surface area contributed by atoms with E-state index >= 15 is 0 Å². The van der Waals surface area contributed by atoms with Crippen molar-refractivity contribution < 1.29 is 4.74 Å². The van der Waals surface area contributed by atoms with Gasteiger partial charge in [0.05, 0.1) is 0 Å². The normalized spacial score (nSPS) is 34.0. The van der Waals surface area contributed by atoms with Crippen molar-refractivity contribution in [3.05, 3.63) is 0 Å². The maximum atomic E-state index is 5.40. The van der Waals surface area contributed by atoms with Gasteiger partial charge in [-0.3, -0.25) is 0 Å². The molecule has 1 heterocycles. The van der Waals surface area contributed by atoms with Gasteiger partial charge in [-0.1, -0.05) is 13.3 Å². The molecule has 0 spiro atoms. The number of ether oxygens (including phenoxy) is 1. The average molecular weight is 211 g/mol. The molecule has 0 aromatic rings. The molecule has 2 heteroatoms. The first-order chi connectivity index (χ1) is 7.31. The van der Waals surface area contributed by atoms with Crippen LogP contribution in [0.4, 0.5) is 0 Å².